The number of hydrogen-bond donors (Lipinski definition) is 1. The van der Waals surface area contributed by atoms with Gasteiger partial charge in [0.15, 0.2) is 0 Å². The first kappa shape index (κ1) is 15.9. The average molecular weight is 340 g/mol. The maximum atomic E-state index is 13.0. The molecule has 26 heavy (non-hydrogen) atoms. The van der Waals surface area contributed by atoms with E-state index in [2.05, 4.69) is 20.5 Å². The van der Waals surface area contributed by atoms with Crippen LogP contribution in [0.5, 0.6) is 0 Å². The summed E-state index contributed by atoms with van der Waals surface area (Å²) in [7, 11) is 0. The summed E-state index contributed by atoms with van der Waals surface area (Å²) in [6.07, 6.45) is 1.71. The van der Waals surface area contributed by atoms with Gasteiger partial charge in [0.05, 0.1) is 23.3 Å². The van der Waals surface area contributed by atoms with Crippen LogP contribution in [0.3, 0.4) is 0 Å². The second-order valence-corrected chi connectivity index (χ2v) is 5.81. The number of nitrogens with one attached hydrogen (secondary N) is 1. The lowest BCUT2D eigenvalue weighted by molar-refractivity contribution is 0.0952. The smallest absolute Gasteiger partial charge is 0.254 e. The van der Waals surface area contributed by atoms with Gasteiger partial charge in [0.2, 0.25) is 0 Å². The average Bonchev–Trinajstić information content (AvgIpc) is 2.72. The van der Waals surface area contributed by atoms with Gasteiger partial charge in [0, 0.05) is 17.1 Å². The molecule has 5 nitrogen and oxygen atoms in total. The summed E-state index contributed by atoms with van der Waals surface area (Å²) in [5.41, 5.74) is 3.44. The minimum absolute atomic E-state index is 0.194. The number of fused-ring (bicyclic) bond motifs is 1. The summed E-state index contributed by atoms with van der Waals surface area (Å²) in [4.78, 5) is 17.3. The predicted molar refractivity (Wildman–Crippen MR) is 100 cm³/mol. The molecule has 5 heteroatoms. The van der Waals surface area contributed by atoms with Crippen LogP contribution in [0.15, 0.2) is 79.0 Å². The molecule has 4 rings (SSSR count). The lowest BCUT2D eigenvalue weighted by Gasteiger charge is -2.12. The molecule has 0 aliphatic heterocycles. The van der Waals surface area contributed by atoms with Crippen molar-refractivity contribution in [2.75, 3.05) is 0 Å². The number of carbonyl (C=O) groups is 1. The number of amides is 1. The SMILES string of the molecule is O=C(NCc1ccccn1)c1c(-c2ccccc2)nnc2ccccc12. The zero-order valence-corrected chi connectivity index (χ0v) is 14.0. The van der Waals surface area contributed by atoms with Crippen molar-refractivity contribution in [1.82, 2.24) is 20.5 Å². The minimum Gasteiger partial charge on any atom is -0.346 e. The summed E-state index contributed by atoms with van der Waals surface area (Å²) in [6, 6.07) is 22.8. The Bertz CT molecular complexity index is 1050. The molecule has 126 valence electrons. The zero-order valence-electron chi connectivity index (χ0n) is 14.0. The van der Waals surface area contributed by atoms with E-state index in [1.54, 1.807) is 6.20 Å². The number of aromatic nitrogens is 3. The fraction of sp³-hybridized carbons (Fsp3) is 0.0476. The van der Waals surface area contributed by atoms with Gasteiger partial charge in [0.25, 0.3) is 5.91 Å². The highest BCUT2D eigenvalue weighted by atomic mass is 16.1. The first-order valence-corrected chi connectivity index (χ1v) is 8.32. The van der Waals surface area contributed by atoms with Crippen molar-refractivity contribution < 1.29 is 4.79 Å². The van der Waals surface area contributed by atoms with Crippen molar-refractivity contribution in [2.24, 2.45) is 0 Å². The molecule has 0 aliphatic rings. The summed E-state index contributed by atoms with van der Waals surface area (Å²) in [5.74, 6) is -0.194. The third kappa shape index (κ3) is 3.15. The van der Waals surface area contributed by atoms with Crippen LogP contribution in [0.1, 0.15) is 16.1 Å². The van der Waals surface area contributed by atoms with E-state index in [0.717, 1.165) is 16.6 Å². The Balaban J connectivity index is 1.77. The topological polar surface area (TPSA) is 67.8 Å². The van der Waals surface area contributed by atoms with Crippen molar-refractivity contribution in [3.05, 3.63) is 90.3 Å². The van der Waals surface area contributed by atoms with Crippen molar-refractivity contribution >= 4 is 16.8 Å². The van der Waals surface area contributed by atoms with Gasteiger partial charge in [-0.15, -0.1) is 10.2 Å². The molecule has 0 atom stereocenters. The Morgan fingerprint density at radius 1 is 0.846 bits per heavy atom. The summed E-state index contributed by atoms with van der Waals surface area (Å²) < 4.78 is 0. The molecular formula is C21H16N4O. The maximum Gasteiger partial charge on any atom is 0.254 e. The molecule has 1 N–H and O–H groups in total. The third-order valence-corrected chi connectivity index (χ3v) is 4.10. The number of pyridine rings is 1. The molecule has 2 heterocycles. The van der Waals surface area contributed by atoms with Crippen LogP contribution in [-0.4, -0.2) is 21.1 Å². The van der Waals surface area contributed by atoms with E-state index < -0.39 is 0 Å². The Hall–Kier alpha value is -3.60. The summed E-state index contributed by atoms with van der Waals surface area (Å²) in [5, 5.41) is 12.3. The third-order valence-electron chi connectivity index (χ3n) is 4.10. The molecule has 0 unspecified atom stereocenters. The van der Waals surface area contributed by atoms with E-state index >= 15 is 0 Å². The fourth-order valence-corrected chi connectivity index (χ4v) is 2.84. The van der Waals surface area contributed by atoms with Gasteiger partial charge in [-0.3, -0.25) is 9.78 Å². The molecule has 2 aromatic heterocycles. The van der Waals surface area contributed by atoms with Crippen molar-refractivity contribution in [1.29, 1.82) is 0 Å². The first-order chi connectivity index (χ1) is 12.8. The molecule has 0 bridgehead atoms. The van der Waals surface area contributed by atoms with Gasteiger partial charge in [-0.25, -0.2) is 0 Å². The molecule has 0 saturated heterocycles. The molecule has 0 spiro atoms. The summed E-state index contributed by atoms with van der Waals surface area (Å²) >= 11 is 0. The second-order valence-electron chi connectivity index (χ2n) is 5.81. The van der Waals surface area contributed by atoms with Gasteiger partial charge < -0.3 is 5.32 Å². The Morgan fingerprint density at radius 3 is 2.42 bits per heavy atom. The van der Waals surface area contributed by atoms with Crippen molar-refractivity contribution in [2.45, 2.75) is 6.54 Å². The van der Waals surface area contributed by atoms with E-state index in [1.807, 2.05) is 72.8 Å². The Morgan fingerprint density at radius 2 is 1.62 bits per heavy atom. The Kier molecular flexibility index (Phi) is 4.35. The molecule has 1 amide bonds. The lowest BCUT2D eigenvalue weighted by Crippen LogP contribution is -2.24. The van der Waals surface area contributed by atoms with E-state index in [1.165, 1.54) is 0 Å². The maximum absolute atomic E-state index is 13.0. The van der Waals surface area contributed by atoms with Crippen molar-refractivity contribution in [3.63, 3.8) is 0 Å². The fourth-order valence-electron chi connectivity index (χ4n) is 2.84. The largest absolute Gasteiger partial charge is 0.346 e. The molecule has 0 aliphatic carbocycles. The summed E-state index contributed by atoms with van der Waals surface area (Å²) in [6.45, 7) is 0.352. The number of rotatable bonds is 4. The molecular weight excluding hydrogens is 324 g/mol. The molecule has 4 aromatic rings. The monoisotopic (exact) mass is 340 g/mol. The van der Waals surface area contributed by atoms with Crippen LogP contribution in [0, 0.1) is 0 Å². The quantitative estimate of drug-likeness (QED) is 0.616. The van der Waals surface area contributed by atoms with Crippen LogP contribution >= 0.6 is 0 Å². The minimum atomic E-state index is -0.194. The number of nitrogens with zero attached hydrogens (tertiary/aromatic N) is 3. The highest BCUT2D eigenvalue weighted by molar-refractivity contribution is 6.10. The van der Waals surface area contributed by atoms with Crippen LogP contribution < -0.4 is 5.32 Å². The number of carbonyl (C=O) groups excluding carboxylic acids is 1. The number of hydrogen-bond acceptors (Lipinski definition) is 4. The second kappa shape index (κ2) is 7.11. The van der Waals surface area contributed by atoms with Crippen LogP contribution in [0.2, 0.25) is 0 Å². The molecule has 0 fully saturated rings. The Labute approximate surface area is 150 Å². The zero-order chi connectivity index (χ0) is 17.8. The van der Waals surface area contributed by atoms with E-state index in [0.29, 0.717) is 23.3 Å². The highest BCUT2D eigenvalue weighted by Crippen LogP contribution is 2.26. The normalized spacial score (nSPS) is 10.6. The van der Waals surface area contributed by atoms with Gasteiger partial charge in [-0.2, -0.15) is 0 Å². The van der Waals surface area contributed by atoms with Gasteiger partial charge in [0.1, 0.15) is 5.69 Å². The highest BCUT2D eigenvalue weighted by Gasteiger charge is 2.19. The molecule has 2 aromatic carbocycles. The van der Waals surface area contributed by atoms with Crippen LogP contribution in [0.25, 0.3) is 22.2 Å². The van der Waals surface area contributed by atoms with Crippen molar-refractivity contribution in [3.8, 4) is 11.3 Å². The lowest BCUT2D eigenvalue weighted by atomic mass is 10.0. The van der Waals surface area contributed by atoms with Gasteiger partial charge in [-0.1, -0.05) is 54.6 Å². The number of benzene rings is 2. The van der Waals surface area contributed by atoms with Crippen LogP contribution in [0.4, 0.5) is 0 Å². The van der Waals surface area contributed by atoms with E-state index in [4.69, 9.17) is 0 Å². The standard InChI is InChI=1S/C21H16N4O/c26-21(23-14-16-10-6-7-13-22-16)19-17-11-4-5-12-18(17)24-25-20(19)15-8-2-1-3-9-15/h1-13H,14H2,(H,23,26). The van der Waals surface area contributed by atoms with Crippen LogP contribution in [-0.2, 0) is 6.54 Å². The van der Waals surface area contributed by atoms with E-state index in [9.17, 15) is 4.79 Å². The first-order valence-electron chi connectivity index (χ1n) is 8.32. The predicted octanol–water partition coefficient (Wildman–Crippen LogP) is 3.62. The van der Waals surface area contributed by atoms with Gasteiger partial charge >= 0.3 is 0 Å². The molecule has 0 radical (unpaired) electrons. The van der Waals surface area contributed by atoms with Gasteiger partial charge in [-0.05, 0) is 18.2 Å². The van der Waals surface area contributed by atoms with E-state index in [-0.39, 0.29) is 5.91 Å². The molecule has 0 saturated carbocycles.